The van der Waals surface area contributed by atoms with Crippen molar-refractivity contribution in [3.8, 4) is 0 Å². The molecule has 0 bridgehead atoms. The smallest absolute Gasteiger partial charge is 0.237 e. The van der Waals surface area contributed by atoms with E-state index < -0.39 is 0 Å². The number of nitrogens with two attached hydrogens (primary N) is 1. The van der Waals surface area contributed by atoms with Gasteiger partial charge in [-0.15, -0.1) is 0 Å². The minimum atomic E-state index is -0.0283. The van der Waals surface area contributed by atoms with Crippen LogP contribution in [0.15, 0.2) is 0 Å². The SMILES string of the molecule is CC(C(=O)NC1CCCC1)N(CCN)C1CCC1. The number of amides is 1. The van der Waals surface area contributed by atoms with Gasteiger partial charge in [0.15, 0.2) is 0 Å². The number of nitrogens with zero attached hydrogens (tertiary/aromatic N) is 1. The molecule has 2 saturated carbocycles. The number of rotatable bonds is 6. The summed E-state index contributed by atoms with van der Waals surface area (Å²) in [7, 11) is 0. The highest BCUT2D eigenvalue weighted by atomic mass is 16.2. The largest absolute Gasteiger partial charge is 0.352 e. The lowest BCUT2D eigenvalue weighted by atomic mass is 9.90. The number of nitrogens with one attached hydrogen (secondary N) is 1. The second-order valence-electron chi connectivity index (χ2n) is 5.78. The molecule has 0 spiro atoms. The average Bonchev–Trinajstić information content (AvgIpc) is 2.77. The van der Waals surface area contributed by atoms with Gasteiger partial charge in [0.05, 0.1) is 6.04 Å². The van der Waals surface area contributed by atoms with Crippen LogP contribution in [0.5, 0.6) is 0 Å². The number of hydrogen-bond acceptors (Lipinski definition) is 3. The highest BCUT2D eigenvalue weighted by Crippen LogP contribution is 2.26. The molecule has 2 aliphatic rings. The molecule has 18 heavy (non-hydrogen) atoms. The zero-order valence-electron chi connectivity index (χ0n) is 11.5. The van der Waals surface area contributed by atoms with Crippen LogP contribution in [-0.4, -0.2) is 42.0 Å². The van der Waals surface area contributed by atoms with Gasteiger partial charge in [-0.2, -0.15) is 0 Å². The zero-order chi connectivity index (χ0) is 13.0. The third-order valence-electron chi connectivity index (χ3n) is 4.51. The van der Waals surface area contributed by atoms with E-state index in [0.29, 0.717) is 18.6 Å². The Hall–Kier alpha value is -0.610. The Morgan fingerprint density at radius 3 is 2.44 bits per heavy atom. The molecule has 3 N–H and O–H groups in total. The topological polar surface area (TPSA) is 58.4 Å². The maximum absolute atomic E-state index is 12.3. The Balaban J connectivity index is 1.85. The van der Waals surface area contributed by atoms with Crippen LogP contribution in [0.2, 0.25) is 0 Å². The van der Waals surface area contributed by atoms with Gasteiger partial charge in [0.25, 0.3) is 0 Å². The molecule has 104 valence electrons. The average molecular weight is 253 g/mol. The molecule has 0 saturated heterocycles. The molecule has 0 aromatic carbocycles. The fourth-order valence-corrected chi connectivity index (χ4v) is 3.10. The molecule has 2 fully saturated rings. The summed E-state index contributed by atoms with van der Waals surface area (Å²) in [5, 5.41) is 3.20. The van der Waals surface area contributed by atoms with Crippen molar-refractivity contribution in [1.82, 2.24) is 10.2 Å². The van der Waals surface area contributed by atoms with Crippen molar-refractivity contribution < 1.29 is 4.79 Å². The monoisotopic (exact) mass is 253 g/mol. The van der Waals surface area contributed by atoms with E-state index in [2.05, 4.69) is 10.2 Å². The van der Waals surface area contributed by atoms with E-state index in [9.17, 15) is 4.79 Å². The molecule has 0 radical (unpaired) electrons. The van der Waals surface area contributed by atoms with Crippen LogP contribution >= 0.6 is 0 Å². The molecule has 1 atom stereocenters. The van der Waals surface area contributed by atoms with Gasteiger partial charge in [0, 0.05) is 25.2 Å². The fraction of sp³-hybridized carbons (Fsp3) is 0.929. The third-order valence-corrected chi connectivity index (χ3v) is 4.51. The van der Waals surface area contributed by atoms with Crippen LogP contribution in [0.1, 0.15) is 51.9 Å². The molecule has 0 aromatic rings. The van der Waals surface area contributed by atoms with Crippen LogP contribution in [0, 0.1) is 0 Å². The van der Waals surface area contributed by atoms with Crippen molar-refractivity contribution in [1.29, 1.82) is 0 Å². The maximum atomic E-state index is 12.3. The fourth-order valence-electron chi connectivity index (χ4n) is 3.10. The molecule has 2 rings (SSSR count). The van der Waals surface area contributed by atoms with Crippen LogP contribution < -0.4 is 11.1 Å². The first kappa shape index (κ1) is 13.8. The quantitative estimate of drug-likeness (QED) is 0.749. The van der Waals surface area contributed by atoms with Crippen molar-refractivity contribution >= 4 is 5.91 Å². The van der Waals surface area contributed by atoms with E-state index in [4.69, 9.17) is 5.73 Å². The first-order valence-corrected chi connectivity index (χ1v) is 7.48. The Labute approximate surface area is 110 Å². The van der Waals surface area contributed by atoms with Crippen molar-refractivity contribution in [3.63, 3.8) is 0 Å². The van der Waals surface area contributed by atoms with E-state index in [0.717, 1.165) is 19.4 Å². The van der Waals surface area contributed by atoms with Gasteiger partial charge < -0.3 is 11.1 Å². The highest BCUT2D eigenvalue weighted by Gasteiger charge is 2.32. The molecule has 0 heterocycles. The van der Waals surface area contributed by atoms with E-state index in [1.165, 1.54) is 32.1 Å². The molecule has 0 aliphatic heterocycles. The van der Waals surface area contributed by atoms with Gasteiger partial charge in [0.1, 0.15) is 0 Å². The van der Waals surface area contributed by atoms with Crippen molar-refractivity contribution in [2.75, 3.05) is 13.1 Å². The molecule has 2 aliphatic carbocycles. The molecule has 1 unspecified atom stereocenters. The summed E-state index contributed by atoms with van der Waals surface area (Å²) in [6.45, 7) is 3.50. The lowest BCUT2D eigenvalue weighted by Gasteiger charge is -2.40. The summed E-state index contributed by atoms with van der Waals surface area (Å²) in [5.41, 5.74) is 5.67. The molecule has 1 amide bonds. The predicted molar refractivity (Wildman–Crippen MR) is 73.3 cm³/mol. The van der Waals surface area contributed by atoms with E-state index in [-0.39, 0.29) is 11.9 Å². The first-order chi connectivity index (χ1) is 8.72. The highest BCUT2D eigenvalue weighted by molar-refractivity contribution is 5.81. The van der Waals surface area contributed by atoms with E-state index in [1.807, 2.05) is 6.92 Å². The summed E-state index contributed by atoms with van der Waals surface area (Å²) in [6.07, 6.45) is 8.56. The molecule has 0 aromatic heterocycles. The van der Waals surface area contributed by atoms with Crippen LogP contribution in [0.25, 0.3) is 0 Å². The lowest BCUT2D eigenvalue weighted by molar-refractivity contribution is -0.128. The number of hydrogen-bond donors (Lipinski definition) is 2. The lowest BCUT2D eigenvalue weighted by Crippen LogP contribution is -2.54. The summed E-state index contributed by atoms with van der Waals surface area (Å²) < 4.78 is 0. The van der Waals surface area contributed by atoms with Gasteiger partial charge in [-0.1, -0.05) is 19.3 Å². The second kappa shape index (κ2) is 6.53. The van der Waals surface area contributed by atoms with Crippen LogP contribution in [0.4, 0.5) is 0 Å². The van der Waals surface area contributed by atoms with E-state index >= 15 is 0 Å². The van der Waals surface area contributed by atoms with Gasteiger partial charge in [-0.3, -0.25) is 9.69 Å². The van der Waals surface area contributed by atoms with Gasteiger partial charge in [-0.25, -0.2) is 0 Å². The van der Waals surface area contributed by atoms with Crippen LogP contribution in [-0.2, 0) is 4.79 Å². The minimum absolute atomic E-state index is 0.0283. The third kappa shape index (κ3) is 3.23. The van der Waals surface area contributed by atoms with Gasteiger partial charge in [0.2, 0.25) is 5.91 Å². The number of carbonyl (C=O) groups is 1. The Morgan fingerprint density at radius 2 is 1.94 bits per heavy atom. The first-order valence-electron chi connectivity index (χ1n) is 7.48. The zero-order valence-corrected chi connectivity index (χ0v) is 11.5. The number of carbonyl (C=O) groups excluding carboxylic acids is 1. The van der Waals surface area contributed by atoms with Crippen molar-refractivity contribution in [3.05, 3.63) is 0 Å². The maximum Gasteiger partial charge on any atom is 0.237 e. The van der Waals surface area contributed by atoms with Gasteiger partial charge in [-0.05, 0) is 32.6 Å². The van der Waals surface area contributed by atoms with E-state index in [1.54, 1.807) is 0 Å². The summed E-state index contributed by atoms with van der Waals surface area (Å²) in [4.78, 5) is 14.6. The second-order valence-corrected chi connectivity index (χ2v) is 5.78. The predicted octanol–water partition coefficient (Wildman–Crippen LogP) is 1.25. The summed E-state index contributed by atoms with van der Waals surface area (Å²) in [5.74, 6) is 0.197. The molecule has 4 nitrogen and oxygen atoms in total. The standard InChI is InChI=1S/C14H27N3O/c1-11(14(18)16-12-5-2-3-6-12)17(10-9-15)13-7-4-8-13/h11-13H,2-10,15H2,1H3,(H,16,18). The van der Waals surface area contributed by atoms with Crippen molar-refractivity contribution in [2.45, 2.75) is 70.0 Å². The normalized spacial score (nSPS) is 23.1. The Morgan fingerprint density at radius 1 is 1.28 bits per heavy atom. The van der Waals surface area contributed by atoms with Crippen LogP contribution in [0.3, 0.4) is 0 Å². The Kier molecular flexibility index (Phi) is 5.01. The molecular formula is C14H27N3O. The van der Waals surface area contributed by atoms with Gasteiger partial charge >= 0.3 is 0 Å². The Bertz CT molecular complexity index is 272. The van der Waals surface area contributed by atoms with Crippen molar-refractivity contribution in [2.24, 2.45) is 5.73 Å². The summed E-state index contributed by atoms with van der Waals surface area (Å²) in [6, 6.07) is 0.971. The molecular weight excluding hydrogens is 226 g/mol. The minimum Gasteiger partial charge on any atom is -0.352 e. The summed E-state index contributed by atoms with van der Waals surface area (Å²) >= 11 is 0. The molecule has 4 heteroatoms.